The Morgan fingerprint density at radius 3 is 2.94 bits per heavy atom. The molecule has 2 nitrogen and oxygen atoms in total. The van der Waals surface area contributed by atoms with Crippen LogP contribution < -0.4 is 5.32 Å². The number of thiophene rings is 1. The highest BCUT2D eigenvalue weighted by atomic mass is 35.5. The fourth-order valence-electron chi connectivity index (χ4n) is 2.52. The third-order valence-corrected chi connectivity index (χ3v) is 4.51. The van der Waals surface area contributed by atoms with Gasteiger partial charge in [-0.1, -0.05) is 18.0 Å². The van der Waals surface area contributed by atoms with Gasteiger partial charge in [0.05, 0.1) is 9.94 Å². The number of hydrogen-bond acceptors (Lipinski definition) is 3. The highest BCUT2D eigenvalue weighted by molar-refractivity contribution is 7.16. The van der Waals surface area contributed by atoms with Crippen LogP contribution in [-0.2, 0) is 6.42 Å². The van der Waals surface area contributed by atoms with E-state index in [0.717, 1.165) is 22.2 Å². The zero-order valence-corrected chi connectivity index (χ0v) is 11.8. The molecule has 0 saturated carbocycles. The number of halogens is 1. The summed E-state index contributed by atoms with van der Waals surface area (Å²) in [7, 11) is 0. The summed E-state index contributed by atoms with van der Waals surface area (Å²) in [6.07, 6.45) is 5.24. The normalized spacial score (nSPS) is 24.5. The fraction of sp³-hybridized carbons (Fsp3) is 0.692. The van der Waals surface area contributed by atoms with Gasteiger partial charge in [0, 0.05) is 17.3 Å². The average molecular weight is 274 g/mol. The van der Waals surface area contributed by atoms with Crippen molar-refractivity contribution in [3.8, 4) is 0 Å². The van der Waals surface area contributed by atoms with Gasteiger partial charge in [-0.05, 0) is 44.9 Å². The Morgan fingerprint density at radius 2 is 2.35 bits per heavy atom. The van der Waals surface area contributed by atoms with Gasteiger partial charge < -0.3 is 10.4 Å². The zero-order chi connectivity index (χ0) is 12.3. The Labute approximate surface area is 112 Å². The number of aliphatic hydroxyl groups is 1. The smallest absolute Gasteiger partial charge is 0.0931 e. The van der Waals surface area contributed by atoms with Crippen LogP contribution in [0.5, 0.6) is 0 Å². The molecule has 17 heavy (non-hydrogen) atoms. The van der Waals surface area contributed by atoms with Crippen molar-refractivity contribution in [1.29, 1.82) is 0 Å². The van der Waals surface area contributed by atoms with Gasteiger partial charge in [0.25, 0.3) is 0 Å². The standard InChI is InChI=1S/C13H20ClNOS/c1-13(16,8-10-4-2-3-7-15-10)9-11-5-6-12(14)17-11/h5-6,10,15-16H,2-4,7-9H2,1H3. The van der Waals surface area contributed by atoms with Crippen LogP contribution >= 0.6 is 22.9 Å². The molecule has 1 aliphatic rings. The van der Waals surface area contributed by atoms with E-state index in [-0.39, 0.29) is 0 Å². The molecule has 0 spiro atoms. The first-order valence-electron chi connectivity index (χ1n) is 6.25. The summed E-state index contributed by atoms with van der Waals surface area (Å²) in [6, 6.07) is 4.38. The average Bonchev–Trinajstić information content (AvgIpc) is 2.63. The number of rotatable bonds is 4. The molecule has 2 heterocycles. The van der Waals surface area contributed by atoms with E-state index in [1.54, 1.807) is 11.3 Å². The van der Waals surface area contributed by atoms with Gasteiger partial charge in [0.2, 0.25) is 0 Å². The van der Waals surface area contributed by atoms with Gasteiger partial charge in [0.15, 0.2) is 0 Å². The van der Waals surface area contributed by atoms with Crippen LogP contribution in [0, 0.1) is 0 Å². The van der Waals surface area contributed by atoms with E-state index in [0.29, 0.717) is 12.5 Å². The zero-order valence-electron chi connectivity index (χ0n) is 10.2. The summed E-state index contributed by atoms with van der Waals surface area (Å²) < 4.78 is 0.798. The predicted molar refractivity (Wildman–Crippen MR) is 73.9 cm³/mol. The predicted octanol–water partition coefficient (Wildman–Crippen LogP) is 3.23. The molecule has 1 aromatic rings. The molecule has 0 aliphatic carbocycles. The third-order valence-electron chi connectivity index (χ3n) is 3.28. The van der Waals surface area contributed by atoms with Crippen molar-refractivity contribution >= 4 is 22.9 Å². The first kappa shape index (κ1) is 13.3. The molecule has 1 aromatic heterocycles. The summed E-state index contributed by atoms with van der Waals surface area (Å²) in [5, 5.41) is 13.9. The molecule has 2 rings (SSSR count). The first-order chi connectivity index (χ1) is 8.05. The number of piperidine rings is 1. The van der Waals surface area contributed by atoms with Crippen molar-refractivity contribution in [3.05, 3.63) is 21.3 Å². The summed E-state index contributed by atoms with van der Waals surface area (Å²) in [5.41, 5.74) is -0.636. The van der Waals surface area contributed by atoms with Gasteiger partial charge in [-0.25, -0.2) is 0 Å². The number of nitrogens with one attached hydrogen (secondary N) is 1. The lowest BCUT2D eigenvalue weighted by atomic mass is 9.89. The van der Waals surface area contributed by atoms with Gasteiger partial charge in [0.1, 0.15) is 0 Å². The summed E-state index contributed by atoms with van der Waals surface area (Å²) in [5.74, 6) is 0. The van der Waals surface area contributed by atoms with Crippen LogP contribution in [0.25, 0.3) is 0 Å². The molecule has 2 atom stereocenters. The summed E-state index contributed by atoms with van der Waals surface area (Å²) in [4.78, 5) is 1.16. The van der Waals surface area contributed by atoms with Crippen molar-refractivity contribution in [1.82, 2.24) is 5.32 Å². The highest BCUT2D eigenvalue weighted by Crippen LogP contribution is 2.28. The second-order valence-electron chi connectivity index (χ2n) is 5.23. The third kappa shape index (κ3) is 4.25. The van der Waals surface area contributed by atoms with Crippen LogP contribution in [0.3, 0.4) is 0 Å². The molecule has 0 amide bonds. The lowest BCUT2D eigenvalue weighted by Crippen LogP contribution is -2.41. The van der Waals surface area contributed by atoms with E-state index in [2.05, 4.69) is 5.32 Å². The molecule has 0 radical (unpaired) electrons. The van der Waals surface area contributed by atoms with E-state index in [4.69, 9.17) is 11.6 Å². The molecule has 0 bridgehead atoms. The lowest BCUT2D eigenvalue weighted by molar-refractivity contribution is 0.0379. The quantitative estimate of drug-likeness (QED) is 0.883. The van der Waals surface area contributed by atoms with E-state index in [1.165, 1.54) is 19.3 Å². The van der Waals surface area contributed by atoms with Gasteiger partial charge >= 0.3 is 0 Å². The van der Waals surface area contributed by atoms with Crippen molar-refractivity contribution < 1.29 is 5.11 Å². The Morgan fingerprint density at radius 1 is 1.53 bits per heavy atom. The number of hydrogen-bond donors (Lipinski definition) is 2. The second kappa shape index (κ2) is 5.70. The molecule has 1 aliphatic heterocycles. The van der Waals surface area contributed by atoms with E-state index in [1.807, 2.05) is 19.1 Å². The Bertz CT molecular complexity index is 358. The van der Waals surface area contributed by atoms with E-state index < -0.39 is 5.60 Å². The molecular formula is C13H20ClNOS. The van der Waals surface area contributed by atoms with Crippen molar-refractivity contribution in [3.63, 3.8) is 0 Å². The molecule has 1 saturated heterocycles. The fourth-order valence-corrected chi connectivity index (χ4v) is 3.79. The minimum atomic E-state index is -0.636. The maximum atomic E-state index is 10.5. The van der Waals surface area contributed by atoms with Crippen LogP contribution in [0.15, 0.2) is 12.1 Å². The largest absolute Gasteiger partial charge is 0.390 e. The molecule has 2 unspecified atom stereocenters. The SMILES string of the molecule is CC(O)(Cc1ccc(Cl)s1)CC1CCCCN1. The van der Waals surface area contributed by atoms with Crippen LogP contribution in [-0.4, -0.2) is 23.3 Å². The maximum Gasteiger partial charge on any atom is 0.0931 e. The molecule has 96 valence electrons. The lowest BCUT2D eigenvalue weighted by Gasteiger charge is -2.31. The van der Waals surface area contributed by atoms with Gasteiger partial charge in [-0.3, -0.25) is 0 Å². The first-order valence-corrected chi connectivity index (χ1v) is 7.45. The highest BCUT2D eigenvalue weighted by Gasteiger charge is 2.27. The monoisotopic (exact) mass is 273 g/mol. The maximum absolute atomic E-state index is 10.5. The van der Waals surface area contributed by atoms with Crippen LogP contribution in [0.2, 0.25) is 4.34 Å². The van der Waals surface area contributed by atoms with Crippen molar-refractivity contribution in [2.24, 2.45) is 0 Å². The van der Waals surface area contributed by atoms with E-state index >= 15 is 0 Å². The minimum Gasteiger partial charge on any atom is -0.390 e. The summed E-state index contributed by atoms with van der Waals surface area (Å²) in [6.45, 7) is 3.02. The van der Waals surface area contributed by atoms with Crippen molar-refractivity contribution in [2.75, 3.05) is 6.54 Å². The molecular weight excluding hydrogens is 254 g/mol. The Balaban J connectivity index is 1.88. The van der Waals surface area contributed by atoms with E-state index in [9.17, 15) is 5.11 Å². The molecule has 0 aromatic carbocycles. The van der Waals surface area contributed by atoms with Crippen LogP contribution in [0.4, 0.5) is 0 Å². The Kier molecular flexibility index (Phi) is 4.47. The second-order valence-corrected chi connectivity index (χ2v) is 7.03. The Hall–Kier alpha value is -0.0900. The molecule has 4 heteroatoms. The van der Waals surface area contributed by atoms with Crippen molar-refractivity contribution in [2.45, 2.75) is 50.7 Å². The molecule has 2 N–H and O–H groups in total. The minimum absolute atomic E-state index is 0.467. The topological polar surface area (TPSA) is 32.3 Å². The molecule has 1 fully saturated rings. The van der Waals surface area contributed by atoms with Gasteiger partial charge in [-0.2, -0.15) is 0 Å². The van der Waals surface area contributed by atoms with Gasteiger partial charge in [-0.15, -0.1) is 11.3 Å². The van der Waals surface area contributed by atoms with Crippen LogP contribution in [0.1, 0.15) is 37.5 Å². The summed E-state index contributed by atoms with van der Waals surface area (Å²) >= 11 is 7.47.